The highest BCUT2D eigenvalue weighted by Gasteiger charge is 2.36. The Kier molecular flexibility index (Phi) is 6.20. The fourth-order valence-corrected chi connectivity index (χ4v) is 6.12. The van der Waals surface area contributed by atoms with E-state index < -0.39 is 38.5 Å². The van der Waals surface area contributed by atoms with Crippen LogP contribution in [0.25, 0.3) is 11.3 Å². The lowest BCUT2D eigenvalue weighted by Crippen LogP contribution is -2.26. The summed E-state index contributed by atoms with van der Waals surface area (Å²) < 4.78 is 91.2. The summed E-state index contributed by atoms with van der Waals surface area (Å²) in [6, 6.07) is 2.98. The molecule has 0 radical (unpaired) electrons. The van der Waals surface area contributed by atoms with Crippen LogP contribution in [-0.4, -0.2) is 27.0 Å². The number of ether oxygens (including phenoxy) is 1. The summed E-state index contributed by atoms with van der Waals surface area (Å²) in [4.78, 5) is 19.7. The van der Waals surface area contributed by atoms with Gasteiger partial charge in [0.1, 0.15) is 10.6 Å². The molecule has 0 bridgehead atoms. The molecule has 0 unspecified atom stereocenters. The number of pyridine rings is 2. The zero-order chi connectivity index (χ0) is 25.7. The second-order valence-electron chi connectivity index (χ2n) is 8.05. The predicted molar refractivity (Wildman–Crippen MR) is 121 cm³/mol. The Balaban J connectivity index is 0.00000361. The minimum atomic E-state index is -4.76. The number of H-pyrrole nitrogens is 1. The Morgan fingerprint density at radius 1 is 1.20 bits per heavy atom. The van der Waals surface area contributed by atoms with Crippen molar-refractivity contribution in [1.82, 2.24) is 9.97 Å². The topological polar surface area (TPSA) is 84.4 Å². The SMILES string of the molecule is CN=[S@]1(=O)CCCc2[nH]c(-c3c(Oc4ccc(F)c(F)c4C)ncc(C(F)(F)F)c3C)cc(=O)c21.[HH]. The summed E-state index contributed by atoms with van der Waals surface area (Å²) in [6.45, 7) is 2.43. The molecule has 1 N–H and O–H groups in total. The third-order valence-electron chi connectivity index (χ3n) is 5.90. The summed E-state index contributed by atoms with van der Waals surface area (Å²) in [6.07, 6.45) is -3.39. The standard InChI is InChI=1S/C23H20F5N3O3S.H2/c1-11-13(23(26,27)28)10-30-22(34-18-7-6-14(24)20(25)12(18)2)19(11)16-9-17(32)21-15(31-16)5-4-8-35(21,33)29-3;/h6-7,9-10H,4-5,8H2,1-3H3,(H,31,32);1H/t35-;/m0./s1. The van der Waals surface area contributed by atoms with Crippen molar-refractivity contribution in [1.29, 1.82) is 0 Å². The fourth-order valence-electron chi connectivity index (χ4n) is 4.10. The Morgan fingerprint density at radius 2 is 1.91 bits per heavy atom. The summed E-state index contributed by atoms with van der Waals surface area (Å²) in [5.41, 5.74) is -2.13. The molecule has 3 heterocycles. The fraction of sp³-hybridized carbons (Fsp3) is 0.304. The van der Waals surface area contributed by atoms with Crippen molar-refractivity contribution in [2.24, 2.45) is 4.36 Å². The molecule has 1 aliphatic rings. The van der Waals surface area contributed by atoms with Gasteiger partial charge < -0.3 is 9.72 Å². The van der Waals surface area contributed by atoms with Crippen molar-refractivity contribution in [3.8, 4) is 22.9 Å². The molecule has 35 heavy (non-hydrogen) atoms. The van der Waals surface area contributed by atoms with E-state index in [1.165, 1.54) is 20.9 Å². The van der Waals surface area contributed by atoms with Gasteiger partial charge in [0.05, 0.1) is 26.5 Å². The third-order valence-corrected chi connectivity index (χ3v) is 8.41. The number of aromatic amines is 1. The molecule has 6 nitrogen and oxygen atoms in total. The van der Waals surface area contributed by atoms with Gasteiger partial charge in [-0.3, -0.25) is 4.79 Å². The van der Waals surface area contributed by atoms with E-state index in [1.54, 1.807) is 0 Å². The quantitative estimate of drug-likeness (QED) is 0.448. The first-order valence-electron chi connectivity index (χ1n) is 10.5. The van der Waals surface area contributed by atoms with Crippen LogP contribution in [0.2, 0.25) is 0 Å². The van der Waals surface area contributed by atoms with E-state index in [4.69, 9.17) is 4.74 Å². The molecule has 0 aliphatic carbocycles. The Bertz CT molecular complexity index is 1530. The summed E-state index contributed by atoms with van der Waals surface area (Å²) in [5.74, 6) is -2.60. The van der Waals surface area contributed by atoms with Crippen molar-refractivity contribution < 1.29 is 32.3 Å². The van der Waals surface area contributed by atoms with Crippen molar-refractivity contribution in [2.45, 2.75) is 37.8 Å². The molecule has 0 amide bonds. The van der Waals surface area contributed by atoms with Gasteiger partial charge in [-0.1, -0.05) is 0 Å². The predicted octanol–water partition coefficient (Wildman–Crippen LogP) is 5.79. The highest BCUT2D eigenvalue weighted by atomic mass is 32.2. The van der Waals surface area contributed by atoms with E-state index in [0.29, 0.717) is 24.7 Å². The number of halogens is 5. The van der Waals surface area contributed by atoms with Gasteiger partial charge >= 0.3 is 6.18 Å². The number of benzene rings is 1. The van der Waals surface area contributed by atoms with Crippen LogP contribution in [0, 0.1) is 25.5 Å². The minimum absolute atomic E-state index is 0. The second-order valence-corrected chi connectivity index (χ2v) is 10.5. The maximum atomic E-state index is 14.1. The van der Waals surface area contributed by atoms with Crippen LogP contribution in [0.3, 0.4) is 0 Å². The van der Waals surface area contributed by atoms with Crippen LogP contribution in [0.4, 0.5) is 22.0 Å². The molecule has 0 spiro atoms. The van der Waals surface area contributed by atoms with Crippen LogP contribution >= 0.6 is 0 Å². The van der Waals surface area contributed by atoms with Gasteiger partial charge in [0.25, 0.3) is 0 Å². The van der Waals surface area contributed by atoms with Crippen molar-refractivity contribution in [3.63, 3.8) is 0 Å². The number of rotatable bonds is 3. The lowest BCUT2D eigenvalue weighted by atomic mass is 10.0. The second kappa shape index (κ2) is 8.74. The molecule has 1 aliphatic heterocycles. The highest BCUT2D eigenvalue weighted by molar-refractivity contribution is 7.93. The smallest absolute Gasteiger partial charge is 0.418 e. The number of nitrogens with one attached hydrogen (secondary N) is 1. The number of aromatic nitrogens is 2. The highest BCUT2D eigenvalue weighted by Crippen LogP contribution is 2.41. The normalized spacial score (nSPS) is 17.7. The zero-order valence-electron chi connectivity index (χ0n) is 18.8. The first kappa shape index (κ1) is 24.8. The summed E-state index contributed by atoms with van der Waals surface area (Å²) in [5, 5.41) is 0. The zero-order valence-corrected chi connectivity index (χ0v) is 19.7. The maximum Gasteiger partial charge on any atom is 0.418 e. The van der Waals surface area contributed by atoms with Crippen LogP contribution < -0.4 is 10.2 Å². The largest absolute Gasteiger partial charge is 0.438 e. The monoisotopic (exact) mass is 515 g/mol. The van der Waals surface area contributed by atoms with E-state index in [9.17, 15) is 31.0 Å². The summed E-state index contributed by atoms with van der Waals surface area (Å²) >= 11 is 0. The number of hydrogen-bond donors (Lipinski definition) is 1. The molecule has 2 aromatic heterocycles. The molecule has 188 valence electrons. The van der Waals surface area contributed by atoms with Gasteiger partial charge in [-0.15, -0.1) is 0 Å². The van der Waals surface area contributed by atoms with E-state index in [0.717, 1.165) is 18.2 Å². The van der Waals surface area contributed by atoms with Crippen LogP contribution in [0.5, 0.6) is 11.6 Å². The Labute approximate surface area is 198 Å². The van der Waals surface area contributed by atoms with E-state index in [1.807, 2.05) is 0 Å². The Morgan fingerprint density at radius 3 is 2.57 bits per heavy atom. The number of hydrogen-bond acceptors (Lipinski definition) is 5. The van der Waals surface area contributed by atoms with Gasteiger partial charge in [-0.05, 0) is 44.4 Å². The first-order chi connectivity index (χ1) is 16.4. The number of fused-ring (bicyclic) bond motifs is 1. The number of nitrogens with zero attached hydrogens (tertiary/aromatic N) is 2. The lowest BCUT2D eigenvalue weighted by molar-refractivity contribution is -0.138. The average molecular weight is 516 g/mol. The molecule has 0 fully saturated rings. The molecule has 12 heteroatoms. The van der Waals surface area contributed by atoms with Gasteiger partial charge in [0.2, 0.25) is 5.88 Å². The van der Waals surface area contributed by atoms with Crippen molar-refractivity contribution in [2.75, 3.05) is 12.8 Å². The van der Waals surface area contributed by atoms with E-state index in [2.05, 4.69) is 14.3 Å². The molecule has 3 aromatic rings. The number of alkyl halides is 3. The molecular weight excluding hydrogens is 493 g/mol. The minimum Gasteiger partial charge on any atom is -0.438 e. The van der Waals surface area contributed by atoms with E-state index >= 15 is 0 Å². The Hall–Kier alpha value is -3.28. The van der Waals surface area contributed by atoms with Crippen molar-refractivity contribution >= 4 is 9.73 Å². The van der Waals surface area contributed by atoms with Gasteiger partial charge in [-0.2, -0.15) is 13.2 Å². The number of aryl methyl sites for hydroxylation is 1. The van der Waals surface area contributed by atoms with Crippen molar-refractivity contribution in [3.05, 3.63) is 68.6 Å². The maximum absolute atomic E-state index is 14.1. The molecule has 0 saturated carbocycles. The first-order valence-corrected chi connectivity index (χ1v) is 12.1. The molecule has 0 saturated heterocycles. The van der Waals surface area contributed by atoms with E-state index in [-0.39, 0.29) is 46.1 Å². The van der Waals surface area contributed by atoms with Gasteiger partial charge in [0.15, 0.2) is 17.1 Å². The molecule has 1 atom stereocenters. The van der Waals surface area contributed by atoms with Crippen LogP contribution in [-0.2, 0) is 22.3 Å². The van der Waals surface area contributed by atoms with Gasteiger partial charge in [0, 0.05) is 37.7 Å². The van der Waals surface area contributed by atoms with Crippen LogP contribution in [0.1, 0.15) is 30.2 Å². The van der Waals surface area contributed by atoms with Gasteiger partial charge in [-0.25, -0.2) is 22.3 Å². The lowest BCUT2D eigenvalue weighted by Gasteiger charge is -2.22. The summed E-state index contributed by atoms with van der Waals surface area (Å²) in [7, 11) is -1.61. The average Bonchev–Trinajstić information content (AvgIpc) is 2.78. The third kappa shape index (κ3) is 4.30. The van der Waals surface area contributed by atoms with Crippen LogP contribution in [0.15, 0.2) is 38.4 Å². The molecule has 4 rings (SSSR count). The molecular formula is C23H22F5N3O3S. The molecule has 1 aromatic carbocycles.